The molecule has 1 amide bonds. The van der Waals surface area contributed by atoms with E-state index in [2.05, 4.69) is 10.1 Å². The minimum absolute atomic E-state index is 0.118. The van der Waals surface area contributed by atoms with Crippen LogP contribution in [0.2, 0.25) is 0 Å². The number of esters is 1. The Morgan fingerprint density at radius 3 is 2.33 bits per heavy atom. The summed E-state index contributed by atoms with van der Waals surface area (Å²) in [5.74, 6) is -0.484. The fourth-order valence-corrected chi connectivity index (χ4v) is 1.38. The molecule has 18 heavy (non-hydrogen) atoms. The number of ether oxygens (including phenoxy) is 1. The first-order valence-electron chi connectivity index (χ1n) is 5.63. The minimum Gasteiger partial charge on any atom is -0.465 e. The lowest BCUT2D eigenvalue weighted by molar-refractivity contribution is -0.116. The van der Waals surface area contributed by atoms with E-state index < -0.39 is 0 Å². The lowest BCUT2D eigenvalue weighted by Gasteiger charge is -2.04. The standard InChI is InChI=1S/C14H17NO3/c1-10(2)8-13(16)15-9-11-4-6-12(7-5-11)14(17)18-3/h4-8H,9H2,1-3H3,(H,15,16). The van der Waals surface area contributed by atoms with Crippen LogP contribution in [-0.4, -0.2) is 19.0 Å². The van der Waals surface area contributed by atoms with E-state index in [1.165, 1.54) is 7.11 Å². The largest absolute Gasteiger partial charge is 0.465 e. The summed E-state index contributed by atoms with van der Waals surface area (Å²) in [6, 6.07) is 6.92. The highest BCUT2D eigenvalue weighted by molar-refractivity contribution is 5.89. The molecule has 0 bridgehead atoms. The van der Waals surface area contributed by atoms with Gasteiger partial charge in [0.1, 0.15) is 0 Å². The molecule has 96 valence electrons. The van der Waals surface area contributed by atoms with Crippen LogP contribution in [0.4, 0.5) is 0 Å². The zero-order valence-electron chi connectivity index (χ0n) is 10.8. The second kappa shape index (κ2) is 6.59. The van der Waals surface area contributed by atoms with Gasteiger partial charge in [0.25, 0.3) is 0 Å². The molecule has 0 unspecified atom stereocenters. The zero-order valence-corrected chi connectivity index (χ0v) is 10.8. The fraction of sp³-hybridized carbons (Fsp3) is 0.286. The predicted octanol–water partition coefficient (Wildman–Crippen LogP) is 2.06. The molecule has 0 aliphatic carbocycles. The van der Waals surface area contributed by atoms with Crippen LogP contribution < -0.4 is 5.32 Å². The van der Waals surface area contributed by atoms with E-state index in [0.29, 0.717) is 12.1 Å². The SMILES string of the molecule is COC(=O)c1ccc(CNC(=O)C=C(C)C)cc1. The normalized spacial score (nSPS) is 9.50. The number of nitrogens with one attached hydrogen (secondary N) is 1. The molecule has 1 N–H and O–H groups in total. The van der Waals surface area contributed by atoms with Crippen molar-refractivity contribution in [2.75, 3.05) is 7.11 Å². The van der Waals surface area contributed by atoms with Crippen LogP contribution in [0.3, 0.4) is 0 Å². The quantitative estimate of drug-likeness (QED) is 0.654. The second-order valence-electron chi connectivity index (χ2n) is 4.13. The molecule has 0 fully saturated rings. The lowest BCUT2D eigenvalue weighted by atomic mass is 10.1. The molecule has 4 nitrogen and oxygen atoms in total. The summed E-state index contributed by atoms with van der Waals surface area (Å²) < 4.78 is 4.60. The van der Waals surface area contributed by atoms with Crippen LogP contribution in [0.1, 0.15) is 29.8 Å². The Labute approximate surface area is 107 Å². The maximum absolute atomic E-state index is 11.4. The van der Waals surface area contributed by atoms with E-state index in [0.717, 1.165) is 11.1 Å². The monoisotopic (exact) mass is 247 g/mol. The first-order valence-corrected chi connectivity index (χ1v) is 5.63. The van der Waals surface area contributed by atoms with Crippen molar-refractivity contribution in [3.05, 3.63) is 47.0 Å². The van der Waals surface area contributed by atoms with Crippen molar-refractivity contribution < 1.29 is 14.3 Å². The van der Waals surface area contributed by atoms with Crippen molar-refractivity contribution in [1.29, 1.82) is 0 Å². The summed E-state index contributed by atoms with van der Waals surface area (Å²) in [5.41, 5.74) is 2.38. The predicted molar refractivity (Wildman–Crippen MR) is 69.1 cm³/mol. The maximum atomic E-state index is 11.4. The molecular weight excluding hydrogens is 230 g/mol. The van der Waals surface area contributed by atoms with E-state index >= 15 is 0 Å². The van der Waals surface area contributed by atoms with Gasteiger partial charge in [-0.2, -0.15) is 0 Å². The Bertz CT molecular complexity index is 456. The summed E-state index contributed by atoms with van der Waals surface area (Å²) in [4.78, 5) is 22.6. The number of methoxy groups -OCH3 is 1. The molecule has 0 aliphatic heterocycles. The third kappa shape index (κ3) is 4.41. The highest BCUT2D eigenvalue weighted by Gasteiger charge is 2.04. The van der Waals surface area contributed by atoms with Crippen molar-refractivity contribution in [2.45, 2.75) is 20.4 Å². The number of rotatable bonds is 4. The molecule has 0 saturated carbocycles. The Morgan fingerprint density at radius 2 is 1.83 bits per heavy atom. The summed E-state index contributed by atoms with van der Waals surface area (Å²) >= 11 is 0. The van der Waals surface area contributed by atoms with Gasteiger partial charge in [-0.05, 0) is 31.5 Å². The first kappa shape index (κ1) is 14.0. The molecule has 1 aromatic rings. The van der Waals surface area contributed by atoms with E-state index in [1.807, 2.05) is 13.8 Å². The van der Waals surface area contributed by atoms with Crippen molar-refractivity contribution in [3.8, 4) is 0 Å². The molecule has 0 heterocycles. The molecule has 0 aromatic heterocycles. The third-order valence-corrected chi connectivity index (χ3v) is 2.26. The first-order chi connectivity index (χ1) is 8.52. The highest BCUT2D eigenvalue weighted by atomic mass is 16.5. The van der Waals surface area contributed by atoms with E-state index in [-0.39, 0.29) is 11.9 Å². The second-order valence-corrected chi connectivity index (χ2v) is 4.13. The van der Waals surface area contributed by atoms with Crippen molar-refractivity contribution in [1.82, 2.24) is 5.32 Å². The Hall–Kier alpha value is -2.10. The smallest absolute Gasteiger partial charge is 0.337 e. The number of amides is 1. The van der Waals surface area contributed by atoms with Crippen LogP contribution >= 0.6 is 0 Å². The molecule has 1 aromatic carbocycles. The molecule has 0 atom stereocenters. The van der Waals surface area contributed by atoms with Gasteiger partial charge in [-0.15, -0.1) is 0 Å². The number of carbonyl (C=O) groups is 2. The number of hydrogen-bond donors (Lipinski definition) is 1. The van der Waals surface area contributed by atoms with Crippen molar-refractivity contribution >= 4 is 11.9 Å². The highest BCUT2D eigenvalue weighted by Crippen LogP contribution is 2.05. The van der Waals surface area contributed by atoms with Gasteiger partial charge >= 0.3 is 5.97 Å². The molecule has 4 heteroatoms. The maximum Gasteiger partial charge on any atom is 0.337 e. The van der Waals surface area contributed by atoms with Crippen LogP contribution in [0, 0.1) is 0 Å². The summed E-state index contributed by atoms with van der Waals surface area (Å²) in [6.07, 6.45) is 1.54. The van der Waals surface area contributed by atoms with Gasteiger partial charge in [0.05, 0.1) is 12.7 Å². The Balaban J connectivity index is 2.57. The van der Waals surface area contributed by atoms with Crippen molar-refractivity contribution in [3.63, 3.8) is 0 Å². The minimum atomic E-state index is -0.366. The van der Waals surface area contributed by atoms with Crippen LogP contribution in [0.15, 0.2) is 35.9 Å². The average molecular weight is 247 g/mol. The lowest BCUT2D eigenvalue weighted by Crippen LogP contribution is -2.20. The summed E-state index contributed by atoms with van der Waals surface area (Å²) in [7, 11) is 1.34. The zero-order chi connectivity index (χ0) is 13.5. The number of benzene rings is 1. The topological polar surface area (TPSA) is 55.4 Å². The van der Waals surface area contributed by atoms with E-state index in [9.17, 15) is 9.59 Å². The van der Waals surface area contributed by atoms with Gasteiger partial charge in [-0.1, -0.05) is 17.7 Å². The van der Waals surface area contributed by atoms with E-state index in [4.69, 9.17) is 0 Å². The van der Waals surface area contributed by atoms with Gasteiger partial charge in [-0.25, -0.2) is 4.79 Å². The number of carbonyl (C=O) groups excluding carboxylic acids is 2. The van der Waals surface area contributed by atoms with E-state index in [1.54, 1.807) is 30.3 Å². The van der Waals surface area contributed by atoms with Gasteiger partial charge in [0.15, 0.2) is 0 Å². The molecule has 1 rings (SSSR count). The molecule has 0 radical (unpaired) electrons. The number of allylic oxidation sites excluding steroid dienone is 1. The van der Waals surface area contributed by atoms with Gasteiger partial charge < -0.3 is 10.1 Å². The Morgan fingerprint density at radius 1 is 1.22 bits per heavy atom. The molecular formula is C14H17NO3. The molecule has 0 spiro atoms. The Kier molecular flexibility index (Phi) is 5.11. The third-order valence-electron chi connectivity index (χ3n) is 2.26. The average Bonchev–Trinajstić information content (AvgIpc) is 2.35. The van der Waals surface area contributed by atoms with Gasteiger partial charge in [0.2, 0.25) is 5.91 Å². The van der Waals surface area contributed by atoms with Crippen LogP contribution in [0.5, 0.6) is 0 Å². The fourth-order valence-electron chi connectivity index (χ4n) is 1.38. The molecule has 0 aliphatic rings. The molecule has 0 saturated heterocycles. The van der Waals surface area contributed by atoms with Crippen LogP contribution in [0.25, 0.3) is 0 Å². The van der Waals surface area contributed by atoms with Gasteiger partial charge in [-0.3, -0.25) is 4.79 Å². The summed E-state index contributed by atoms with van der Waals surface area (Å²) in [6.45, 7) is 4.17. The summed E-state index contributed by atoms with van der Waals surface area (Å²) in [5, 5.41) is 2.76. The van der Waals surface area contributed by atoms with Gasteiger partial charge in [0, 0.05) is 12.6 Å². The van der Waals surface area contributed by atoms with Crippen LogP contribution in [-0.2, 0) is 16.1 Å². The number of hydrogen-bond acceptors (Lipinski definition) is 3. The van der Waals surface area contributed by atoms with Crippen molar-refractivity contribution in [2.24, 2.45) is 0 Å².